The zero-order chi connectivity index (χ0) is 16.0. The Hall–Kier alpha value is -2.44. The molecule has 0 radical (unpaired) electrons. The molecule has 0 saturated carbocycles. The van der Waals surface area contributed by atoms with E-state index in [-0.39, 0.29) is 5.41 Å². The van der Waals surface area contributed by atoms with Gasteiger partial charge in [0.1, 0.15) is 0 Å². The highest BCUT2D eigenvalue weighted by Gasteiger charge is 2.29. The molecule has 0 heteroatoms. The lowest BCUT2D eigenvalue weighted by Crippen LogP contribution is -2.26. The van der Waals surface area contributed by atoms with Crippen molar-refractivity contribution in [3.63, 3.8) is 0 Å². The van der Waals surface area contributed by atoms with Crippen molar-refractivity contribution in [1.29, 1.82) is 0 Å². The minimum absolute atomic E-state index is 0.369. The van der Waals surface area contributed by atoms with Crippen molar-refractivity contribution in [2.24, 2.45) is 0 Å². The molecule has 0 spiro atoms. The van der Waals surface area contributed by atoms with Gasteiger partial charge in [-0.3, -0.25) is 0 Å². The molecular weight excluding hydrogens is 264 g/mol. The summed E-state index contributed by atoms with van der Waals surface area (Å²) >= 11 is 0. The molecule has 0 aliphatic rings. The summed E-state index contributed by atoms with van der Waals surface area (Å²) in [7, 11) is 0. The van der Waals surface area contributed by atoms with Crippen LogP contribution in [-0.2, 0) is 11.8 Å². The van der Waals surface area contributed by atoms with Crippen LogP contribution in [0.15, 0.2) is 48.5 Å². The van der Waals surface area contributed by atoms with E-state index >= 15 is 0 Å². The van der Waals surface area contributed by atoms with Gasteiger partial charge in [-0.1, -0.05) is 65.6 Å². The van der Waals surface area contributed by atoms with E-state index in [4.69, 9.17) is 6.42 Å². The van der Waals surface area contributed by atoms with Gasteiger partial charge in [-0.25, -0.2) is 0 Å². The van der Waals surface area contributed by atoms with Crippen molar-refractivity contribution in [3.8, 4) is 24.2 Å². The van der Waals surface area contributed by atoms with Crippen LogP contribution < -0.4 is 0 Å². The maximum atomic E-state index is 5.98. The third-order valence-corrected chi connectivity index (χ3v) is 4.07. The van der Waals surface area contributed by atoms with Crippen molar-refractivity contribution in [1.82, 2.24) is 0 Å². The van der Waals surface area contributed by atoms with Crippen molar-refractivity contribution in [2.45, 2.75) is 39.0 Å². The normalized spacial score (nSPS) is 12.6. The van der Waals surface area contributed by atoms with Crippen molar-refractivity contribution in [2.75, 3.05) is 0 Å². The highest BCUT2D eigenvalue weighted by atomic mass is 14.3. The number of hydrogen-bond donors (Lipinski definition) is 0. The predicted octanol–water partition coefficient (Wildman–Crippen LogP) is 4.83. The van der Waals surface area contributed by atoms with Crippen LogP contribution in [0.1, 0.15) is 35.6 Å². The minimum Gasteiger partial charge on any atom is -0.119 e. The van der Waals surface area contributed by atoms with Gasteiger partial charge >= 0.3 is 0 Å². The average molecular weight is 286 g/mol. The Labute approximate surface area is 134 Å². The molecule has 0 amide bonds. The molecule has 0 N–H and O–H groups in total. The van der Waals surface area contributed by atoms with Crippen LogP contribution >= 0.6 is 0 Å². The molecule has 0 bridgehead atoms. The Morgan fingerprint density at radius 1 is 0.909 bits per heavy atom. The molecule has 0 aromatic heterocycles. The molecule has 2 rings (SSSR count). The van der Waals surface area contributed by atoms with Gasteiger partial charge in [-0.2, -0.15) is 0 Å². The Bertz CT molecular complexity index is 715. The number of terminal acetylenes is 1. The topological polar surface area (TPSA) is 0 Å². The van der Waals surface area contributed by atoms with Crippen LogP contribution in [0.25, 0.3) is 0 Å². The number of rotatable bonds is 4. The quantitative estimate of drug-likeness (QED) is 0.706. The highest BCUT2D eigenvalue weighted by Crippen LogP contribution is 2.32. The molecule has 1 unspecified atom stereocenters. The van der Waals surface area contributed by atoms with Crippen LogP contribution in [0.3, 0.4) is 0 Å². The van der Waals surface area contributed by atoms with Crippen molar-refractivity contribution >= 4 is 0 Å². The summed E-state index contributed by atoms with van der Waals surface area (Å²) in [5.41, 5.74) is 4.56. The maximum absolute atomic E-state index is 5.98. The first-order chi connectivity index (χ1) is 10.6. The summed E-state index contributed by atoms with van der Waals surface area (Å²) in [5.74, 6) is 9.23. The lowest BCUT2D eigenvalue weighted by Gasteiger charge is -2.27. The van der Waals surface area contributed by atoms with E-state index in [1.165, 1.54) is 22.3 Å². The monoisotopic (exact) mass is 286 g/mol. The number of benzene rings is 2. The molecule has 1 atom stereocenters. The van der Waals surface area contributed by atoms with E-state index in [0.29, 0.717) is 6.42 Å². The molecule has 2 aromatic carbocycles. The van der Waals surface area contributed by atoms with E-state index in [9.17, 15) is 0 Å². The van der Waals surface area contributed by atoms with Gasteiger partial charge in [-0.15, -0.1) is 18.3 Å². The smallest absolute Gasteiger partial charge is 0.0709 e. The van der Waals surface area contributed by atoms with Crippen LogP contribution in [0.2, 0.25) is 0 Å². The second-order valence-electron chi connectivity index (χ2n) is 5.86. The zero-order valence-electron chi connectivity index (χ0n) is 13.6. The second kappa shape index (κ2) is 7.02. The summed E-state index contributed by atoms with van der Waals surface area (Å²) in [6, 6.07) is 17.1. The van der Waals surface area contributed by atoms with Gasteiger partial charge in [0.2, 0.25) is 0 Å². The number of aryl methyl sites for hydroxylation is 2. The van der Waals surface area contributed by atoms with Gasteiger partial charge in [0.15, 0.2) is 0 Å². The van der Waals surface area contributed by atoms with Gasteiger partial charge in [0.25, 0.3) is 0 Å². The molecule has 0 aliphatic carbocycles. The Morgan fingerprint density at radius 3 is 1.95 bits per heavy atom. The summed E-state index contributed by atoms with van der Waals surface area (Å²) in [5, 5.41) is 0. The van der Waals surface area contributed by atoms with Crippen LogP contribution in [-0.4, -0.2) is 0 Å². The third-order valence-electron chi connectivity index (χ3n) is 4.07. The van der Waals surface area contributed by atoms with Crippen LogP contribution in [0, 0.1) is 38.0 Å². The highest BCUT2D eigenvalue weighted by molar-refractivity contribution is 5.40. The Balaban J connectivity index is 2.43. The molecule has 0 heterocycles. The molecule has 0 fully saturated rings. The molecular formula is C22H22. The standard InChI is InChI=1S/C22H22/c1-5-7-16-22(6-2,21-14-10-19(4)11-15-21)17-20-12-8-18(3)9-13-20/h2,8-15H,16-17H2,1,3-4H3. The predicted molar refractivity (Wildman–Crippen MR) is 94.6 cm³/mol. The third kappa shape index (κ3) is 3.60. The van der Waals surface area contributed by atoms with Crippen LogP contribution in [0.4, 0.5) is 0 Å². The average Bonchev–Trinajstić information content (AvgIpc) is 2.54. The molecule has 2 aromatic rings. The first-order valence-corrected chi connectivity index (χ1v) is 7.60. The zero-order valence-corrected chi connectivity index (χ0v) is 13.6. The lowest BCUT2D eigenvalue weighted by molar-refractivity contribution is 0.569. The van der Waals surface area contributed by atoms with E-state index in [1.54, 1.807) is 0 Å². The van der Waals surface area contributed by atoms with Gasteiger partial charge in [-0.05, 0) is 38.3 Å². The van der Waals surface area contributed by atoms with Gasteiger partial charge in [0, 0.05) is 6.42 Å². The molecule has 0 aliphatic heterocycles. The maximum Gasteiger partial charge on any atom is 0.0709 e. The first-order valence-electron chi connectivity index (χ1n) is 7.60. The van der Waals surface area contributed by atoms with E-state index in [0.717, 1.165) is 6.42 Å². The first kappa shape index (κ1) is 15.9. The summed E-state index contributed by atoms with van der Waals surface area (Å²) < 4.78 is 0. The Morgan fingerprint density at radius 2 is 1.45 bits per heavy atom. The van der Waals surface area contributed by atoms with Gasteiger partial charge in [0.05, 0.1) is 5.41 Å². The lowest BCUT2D eigenvalue weighted by atomic mass is 9.73. The summed E-state index contributed by atoms with van der Waals surface area (Å²) in [6.07, 6.45) is 7.46. The van der Waals surface area contributed by atoms with Gasteiger partial charge < -0.3 is 0 Å². The minimum atomic E-state index is -0.369. The summed E-state index contributed by atoms with van der Waals surface area (Å²) in [4.78, 5) is 0. The molecule has 0 saturated heterocycles. The SMILES string of the molecule is C#CC(CC#CC)(Cc1ccc(C)cc1)c1ccc(C)cc1. The Kier molecular flexibility index (Phi) is 5.08. The van der Waals surface area contributed by atoms with E-state index < -0.39 is 0 Å². The molecule has 0 nitrogen and oxygen atoms in total. The van der Waals surface area contributed by atoms with Crippen molar-refractivity contribution < 1.29 is 0 Å². The van der Waals surface area contributed by atoms with Crippen LogP contribution in [0.5, 0.6) is 0 Å². The number of hydrogen-bond acceptors (Lipinski definition) is 0. The van der Waals surface area contributed by atoms with E-state index in [2.05, 4.69) is 80.1 Å². The molecule has 110 valence electrons. The fourth-order valence-electron chi connectivity index (χ4n) is 2.62. The van der Waals surface area contributed by atoms with Crippen molar-refractivity contribution in [3.05, 3.63) is 70.8 Å². The largest absolute Gasteiger partial charge is 0.119 e. The fraction of sp³-hybridized carbons (Fsp3) is 0.273. The summed E-state index contributed by atoms with van der Waals surface area (Å²) in [6.45, 7) is 6.05. The molecule has 22 heavy (non-hydrogen) atoms. The second-order valence-corrected chi connectivity index (χ2v) is 5.86. The van der Waals surface area contributed by atoms with E-state index in [1.807, 2.05) is 6.92 Å². The fourth-order valence-corrected chi connectivity index (χ4v) is 2.62.